The van der Waals surface area contributed by atoms with Crippen molar-refractivity contribution in [2.24, 2.45) is 5.41 Å². The Labute approximate surface area is 224 Å². The zero-order valence-electron chi connectivity index (χ0n) is 22.4. The molecule has 1 aliphatic rings. The Bertz CT molecular complexity index is 1150. The van der Waals surface area contributed by atoms with Crippen LogP contribution in [0.1, 0.15) is 74.3 Å². The molecule has 0 bridgehead atoms. The van der Waals surface area contributed by atoms with Crippen LogP contribution in [0.2, 0.25) is 0 Å². The lowest BCUT2D eigenvalue weighted by molar-refractivity contribution is -0.140. The highest BCUT2D eigenvalue weighted by molar-refractivity contribution is 7.09. The molecule has 2 N–H and O–H groups in total. The summed E-state index contributed by atoms with van der Waals surface area (Å²) >= 11 is 1.62. The molecule has 1 aromatic heterocycles. The van der Waals surface area contributed by atoms with Crippen LogP contribution in [0.5, 0.6) is 0 Å². The van der Waals surface area contributed by atoms with E-state index in [1.54, 1.807) is 25.3 Å². The average molecular weight is 519 g/mol. The number of hydrogen-bond donors (Lipinski definition) is 2. The molecule has 0 aliphatic carbocycles. The molecule has 0 spiro atoms. The summed E-state index contributed by atoms with van der Waals surface area (Å²) < 4.78 is 0. The summed E-state index contributed by atoms with van der Waals surface area (Å²) in [4.78, 5) is 33.6. The smallest absolute Gasteiger partial charge is 0.246 e. The van der Waals surface area contributed by atoms with Crippen molar-refractivity contribution in [3.63, 3.8) is 0 Å². The van der Waals surface area contributed by atoms with Gasteiger partial charge in [-0.05, 0) is 43.4 Å². The third kappa shape index (κ3) is 6.11. The minimum absolute atomic E-state index is 0.0302. The number of benzene rings is 2. The number of carbonyl (C=O) groups is 2. The predicted octanol–water partition coefficient (Wildman–Crippen LogP) is 5.13. The minimum atomic E-state index is -0.614. The molecule has 1 saturated heterocycles. The van der Waals surface area contributed by atoms with Gasteiger partial charge in [-0.2, -0.15) is 0 Å². The van der Waals surface area contributed by atoms with E-state index in [0.29, 0.717) is 6.54 Å². The van der Waals surface area contributed by atoms with Crippen molar-refractivity contribution in [2.75, 3.05) is 13.6 Å². The van der Waals surface area contributed by atoms with Crippen molar-refractivity contribution in [1.82, 2.24) is 20.5 Å². The van der Waals surface area contributed by atoms with Crippen LogP contribution >= 0.6 is 11.3 Å². The lowest BCUT2D eigenvalue weighted by atomic mass is 9.85. The highest BCUT2D eigenvalue weighted by Gasteiger charge is 2.41. The van der Waals surface area contributed by atoms with Gasteiger partial charge in [0.15, 0.2) is 0 Å². The first kappa shape index (κ1) is 27.0. The molecular weight excluding hydrogens is 480 g/mol. The molecule has 0 radical (unpaired) electrons. The number of likely N-dealkylation sites (N-methyl/N-ethyl adjacent to an activating group) is 1. The van der Waals surface area contributed by atoms with E-state index in [2.05, 4.69) is 64.5 Å². The zero-order valence-corrected chi connectivity index (χ0v) is 23.2. The molecule has 3 atom stereocenters. The number of aromatic nitrogens is 1. The molecule has 7 heteroatoms. The second-order valence-electron chi connectivity index (χ2n) is 10.9. The summed E-state index contributed by atoms with van der Waals surface area (Å²) in [6, 6.07) is 19.8. The van der Waals surface area contributed by atoms with Crippen LogP contribution in [0, 0.1) is 5.41 Å². The van der Waals surface area contributed by atoms with Crippen molar-refractivity contribution in [2.45, 2.75) is 64.6 Å². The first-order valence-electron chi connectivity index (χ1n) is 13.0. The molecule has 2 heterocycles. The van der Waals surface area contributed by atoms with Crippen LogP contribution in [-0.2, 0) is 9.59 Å². The topological polar surface area (TPSA) is 74.3 Å². The third-order valence-corrected chi connectivity index (χ3v) is 8.11. The summed E-state index contributed by atoms with van der Waals surface area (Å²) in [7, 11) is 1.74. The second-order valence-corrected chi connectivity index (χ2v) is 11.8. The average Bonchev–Trinajstić information content (AvgIpc) is 3.57. The van der Waals surface area contributed by atoms with E-state index in [9.17, 15) is 9.59 Å². The second kappa shape index (κ2) is 11.6. The Morgan fingerprint density at radius 2 is 1.62 bits per heavy atom. The molecule has 6 nitrogen and oxygen atoms in total. The maximum absolute atomic E-state index is 13.9. The van der Waals surface area contributed by atoms with Gasteiger partial charge < -0.3 is 15.5 Å². The fraction of sp³-hybridized carbons (Fsp3) is 0.433. The number of carbonyl (C=O) groups excluding carboxylic acids is 2. The van der Waals surface area contributed by atoms with Gasteiger partial charge in [0.2, 0.25) is 11.8 Å². The van der Waals surface area contributed by atoms with Crippen LogP contribution in [0.25, 0.3) is 0 Å². The normalized spacial score (nSPS) is 17.6. The first-order valence-corrected chi connectivity index (χ1v) is 13.9. The van der Waals surface area contributed by atoms with Crippen molar-refractivity contribution in [3.8, 4) is 0 Å². The summed E-state index contributed by atoms with van der Waals surface area (Å²) in [5.74, 6) is -0.176. The summed E-state index contributed by atoms with van der Waals surface area (Å²) in [5, 5.41) is 9.07. The Balaban J connectivity index is 1.62. The molecular formula is C30H38N4O2S. The van der Waals surface area contributed by atoms with Crippen LogP contribution in [0.3, 0.4) is 0 Å². The van der Waals surface area contributed by atoms with Crippen LogP contribution in [0.4, 0.5) is 0 Å². The standard InChI is InChI=1S/C30H38N4O2S/c1-20(31-5)27(35)33-26(30(2,3)4)29(36)34-18-12-17-24(34)28-32-23(19-37-28)25(21-13-8-6-9-14-21)22-15-10-7-11-16-22/h6-11,13-16,19-20,24-26,31H,12,17-18H2,1-5H3,(H,33,35)/t20-,24?,26+/m0/s1. The molecule has 37 heavy (non-hydrogen) atoms. The van der Waals surface area contributed by atoms with Crippen molar-refractivity contribution < 1.29 is 9.59 Å². The molecule has 196 valence electrons. The lowest BCUT2D eigenvalue weighted by Crippen LogP contribution is -2.57. The van der Waals surface area contributed by atoms with E-state index in [4.69, 9.17) is 4.98 Å². The molecule has 3 aromatic rings. The van der Waals surface area contributed by atoms with Gasteiger partial charge in [0.25, 0.3) is 0 Å². The minimum Gasteiger partial charge on any atom is -0.342 e. The van der Waals surface area contributed by atoms with Gasteiger partial charge in [-0.25, -0.2) is 4.98 Å². The predicted molar refractivity (Wildman–Crippen MR) is 150 cm³/mol. The number of nitrogens with one attached hydrogen (secondary N) is 2. The Kier molecular flexibility index (Phi) is 8.45. The van der Waals surface area contributed by atoms with E-state index in [0.717, 1.165) is 23.5 Å². The van der Waals surface area contributed by atoms with E-state index >= 15 is 0 Å². The number of likely N-dealkylation sites (tertiary alicyclic amines) is 1. The molecule has 2 amide bonds. The molecule has 2 aromatic carbocycles. The SMILES string of the molecule is CN[C@@H](C)C(=O)N[C@H](C(=O)N1CCCC1c1nc(C(c2ccccc2)c2ccccc2)cs1)C(C)(C)C. The van der Waals surface area contributed by atoms with Crippen molar-refractivity contribution >= 4 is 23.2 Å². The van der Waals surface area contributed by atoms with Gasteiger partial charge in [0.05, 0.1) is 23.7 Å². The van der Waals surface area contributed by atoms with E-state index in [1.807, 2.05) is 37.8 Å². The third-order valence-electron chi connectivity index (χ3n) is 7.15. The van der Waals surface area contributed by atoms with E-state index in [-0.39, 0.29) is 29.8 Å². The quantitative estimate of drug-likeness (QED) is 0.434. The Morgan fingerprint density at radius 3 is 2.16 bits per heavy atom. The fourth-order valence-electron chi connectivity index (χ4n) is 4.91. The van der Waals surface area contributed by atoms with E-state index in [1.165, 1.54) is 11.1 Å². The van der Waals surface area contributed by atoms with Crippen LogP contribution in [0.15, 0.2) is 66.0 Å². The summed E-state index contributed by atoms with van der Waals surface area (Å²) in [6.07, 6.45) is 1.79. The first-order chi connectivity index (χ1) is 17.7. The zero-order chi connectivity index (χ0) is 26.6. The Hall–Kier alpha value is -3.03. The molecule has 0 saturated carbocycles. The number of nitrogens with zero attached hydrogens (tertiary/aromatic N) is 2. The lowest BCUT2D eigenvalue weighted by Gasteiger charge is -2.36. The molecule has 1 aliphatic heterocycles. The highest BCUT2D eigenvalue weighted by atomic mass is 32.1. The number of thiazole rings is 1. The van der Waals surface area contributed by atoms with Gasteiger partial charge in [0.1, 0.15) is 11.0 Å². The van der Waals surface area contributed by atoms with Gasteiger partial charge >= 0.3 is 0 Å². The Morgan fingerprint density at radius 1 is 1.03 bits per heavy atom. The van der Waals surface area contributed by atoms with Gasteiger partial charge in [-0.15, -0.1) is 11.3 Å². The number of rotatable bonds is 8. The molecule has 1 unspecified atom stereocenters. The number of hydrogen-bond acceptors (Lipinski definition) is 5. The summed E-state index contributed by atoms with van der Waals surface area (Å²) in [5.41, 5.74) is 2.96. The fourth-order valence-corrected chi connectivity index (χ4v) is 5.90. The van der Waals surface area contributed by atoms with Gasteiger partial charge in [0, 0.05) is 11.9 Å². The van der Waals surface area contributed by atoms with E-state index < -0.39 is 11.5 Å². The van der Waals surface area contributed by atoms with Crippen LogP contribution < -0.4 is 10.6 Å². The highest BCUT2D eigenvalue weighted by Crippen LogP contribution is 2.39. The maximum atomic E-state index is 13.9. The van der Waals surface area contributed by atoms with Crippen molar-refractivity contribution in [3.05, 3.63) is 87.9 Å². The van der Waals surface area contributed by atoms with Crippen LogP contribution in [-0.4, -0.2) is 47.4 Å². The van der Waals surface area contributed by atoms with Crippen molar-refractivity contribution in [1.29, 1.82) is 0 Å². The number of amides is 2. The maximum Gasteiger partial charge on any atom is 0.246 e. The largest absolute Gasteiger partial charge is 0.342 e. The van der Waals surface area contributed by atoms with Gasteiger partial charge in [-0.1, -0.05) is 81.4 Å². The molecule has 1 fully saturated rings. The monoisotopic (exact) mass is 518 g/mol. The summed E-state index contributed by atoms with van der Waals surface area (Å²) in [6.45, 7) is 8.46. The van der Waals surface area contributed by atoms with Gasteiger partial charge in [-0.3, -0.25) is 9.59 Å². The molecule has 4 rings (SSSR count).